The van der Waals surface area contributed by atoms with Gasteiger partial charge in [-0.05, 0) is 29.2 Å². The summed E-state index contributed by atoms with van der Waals surface area (Å²) in [5, 5.41) is 0. The summed E-state index contributed by atoms with van der Waals surface area (Å²) in [6.45, 7) is 4.95. The van der Waals surface area contributed by atoms with Crippen LogP contribution in [-0.2, 0) is 11.3 Å². The highest BCUT2D eigenvalue weighted by Crippen LogP contribution is 2.34. The van der Waals surface area contributed by atoms with E-state index in [1.54, 1.807) is 18.4 Å². The zero-order valence-corrected chi connectivity index (χ0v) is 12.5. The fraction of sp³-hybridized carbons (Fsp3) is 0.375. The zero-order valence-electron chi connectivity index (χ0n) is 11.7. The molecule has 0 saturated carbocycles. The van der Waals surface area contributed by atoms with Crippen molar-refractivity contribution < 1.29 is 4.74 Å². The molecule has 1 aromatic carbocycles. The van der Waals surface area contributed by atoms with Crippen LogP contribution in [0.3, 0.4) is 0 Å². The Morgan fingerprint density at radius 2 is 1.89 bits per heavy atom. The molecule has 2 nitrogen and oxygen atoms in total. The average molecular weight is 275 g/mol. The van der Waals surface area contributed by atoms with Crippen LogP contribution in [0.2, 0.25) is 0 Å². The first-order chi connectivity index (χ1) is 9.13. The molecule has 0 saturated heterocycles. The first kappa shape index (κ1) is 14.3. The van der Waals surface area contributed by atoms with Crippen LogP contribution in [0.25, 0.3) is 10.4 Å². The third-order valence-corrected chi connectivity index (χ3v) is 4.48. The predicted octanol–water partition coefficient (Wildman–Crippen LogP) is 4.22. The number of benzene rings is 1. The highest BCUT2D eigenvalue weighted by Gasteiger charge is 2.14. The Kier molecular flexibility index (Phi) is 4.75. The molecule has 102 valence electrons. The maximum atomic E-state index is 6.21. The van der Waals surface area contributed by atoms with Crippen LogP contribution in [0.1, 0.15) is 30.3 Å². The summed E-state index contributed by atoms with van der Waals surface area (Å²) in [7, 11) is 1.73. The first-order valence-corrected chi connectivity index (χ1v) is 7.37. The monoisotopic (exact) mass is 275 g/mol. The van der Waals surface area contributed by atoms with Gasteiger partial charge in [-0.2, -0.15) is 0 Å². The largest absolute Gasteiger partial charge is 0.380 e. The Bertz CT molecular complexity index is 533. The Morgan fingerprint density at radius 3 is 2.58 bits per heavy atom. The Hall–Kier alpha value is -1.16. The van der Waals surface area contributed by atoms with E-state index < -0.39 is 0 Å². The molecule has 0 fully saturated rings. The number of nitrogens with two attached hydrogens (primary N) is 1. The number of thiophene rings is 1. The normalized spacial score (nSPS) is 12.9. The third-order valence-electron chi connectivity index (χ3n) is 3.26. The van der Waals surface area contributed by atoms with Crippen molar-refractivity contribution in [2.75, 3.05) is 7.11 Å². The van der Waals surface area contributed by atoms with Crippen molar-refractivity contribution in [3.63, 3.8) is 0 Å². The summed E-state index contributed by atoms with van der Waals surface area (Å²) < 4.78 is 5.26. The van der Waals surface area contributed by atoms with Gasteiger partial charge in [0.25, 0.3) is 0 Å². The minimum absolute atomic E-state index is 0.119. The number of ether oxygens (including phenoxy) is 1. The molecule has 0 aliphatic rings. The van der Waals surface area contributed by atoms with Crippen LogP contribution >= 0.6 is 11.3 Å². The molecule has 0 amide bonds. The lowest BCUT2D eigenvalue weighted by molar-refractivity contribution is 0.185. The van der Waals surface area contributed by atoms with Gasteiger partial charge in [0, 0.05) is 22.9 Å². The lowest BCUT2D eigenvalue weighted by atomic mass is 10.0. The molecule has 1 unspecified atom stereocenters. The Balaban J connectivity index is 2.32. The second-order valence-electron chi connectivity index (χ2n) is 5.06. The lowest BCUT2D eigenvalue weighted by Gasteiger charge is -2.13. The van der Waals surface area contributed by atoms with Gasteiger partial charge in [-0.3, -0.25) is 0 Å². The van der Waals surface area contributed by atoms with Crippen LogP contribution in [-0.4, -0.2) is 7.11 Å². The predicted molar refractivity (Wildman–Crippen MR) is 82.2 cm³/mol. The molecule has 0 aliphatic carbocycles. The van der Waals surface area contributed by atoms with E-state index in [4.69, 9.17) is 10.5 Å². The molecule has 0 aliphatic heterocycles. The van der Waals surface area contributed by atoms with Crippen molar-refractivity contribution in [2.45, 2.75) is 26.5 Å². The summed E-state index contributed by atoms with van der Waals surface area (Å²) in [5.74, 6) is 0.459. The van der Waals surface area contributed by atoms with E-state index in [0.29, 0.717) is 12.5 Å². The molecule has 0 bridgehead atoms. The SMILES string of the molecule is COCc1ccccc1-c1ccc(C(N)C(C)C)s1. The maximum absolute atomic E-state index is 6.21. The van der Waals surface area contributed by atoms with Crippen molar-refractivity contribution in [1.29, 1.82) is 0 Å². The molecule has 0 radical (unpaired) electrons. The van der Waals surface area contributed by atoms with Gasteiger partial charge in [-0.15, -0.1) is 11.3 Å². The molecule has 2 rings (SSSR count). The summed E-state index contributed by atoms with van der Waals surface area (Å²) in [5.41, 5.74) is 8.68. The molecule has 1 atom stereocenters. The van der Waals surface area contributed by atoms with E-state index >= 15 is 0 Å². The summed E-state index contributed by atoms with van der Waals surface area (Å²) in [4.78, 5) is 2.51. The third kappa shape index (κ3) is 3.24. The molecule has 1 heterocycles. The molecule has 2 N–H and O–H groups in total. The van der Waals surface area contributed by atoms with E-state index in [2.05, 4.69) is 44.2 Å². The highest BCUT2D eigenvalue weighted by atomic mass is 32.1. The van der Waals surface area contributed by atoms with Gasteiger partial charge in [0.2, 0.25) is 0 Å². The smallest absolute Gasteiger partial charge is 0.0719 e. The van der Waals surface area contributed by atoms with Crippen molar-refractivity contribution in [1.82, 2.24) is 0 Å². The van der Waals surface area contributed by atoms with Crippen molar-refractivity contribution in [3.05, 3.63) is 46.8 Å². The molecular formula is C16H21NOS. The van der Waals surface area contributed by atoms with E-state index in [0.717, 1.165) is 0 Å². The molecule has 2 aromatic rings. The molecule has 19 heavy (non-hydrogen) atoms. The molecule has 0 spiro atoms. The van der Waals surface area contributed by atoms with Crippen LogP contribution in [0.4, 0.5) is 0 Å². The lowest BCUT2D eigenvalue weighted by Crippen LogP contribution is -2.14. The number of rotatable bonds is 5. The average Bonchev–Trinajstić information content (AvgIpc) is 2.88. The standard InChI is InChI=1S/C16H21NOS/c1-11(2)16(17)15-9-8-14(19-15)13-7-5-4-6-12(13)10-18-3/h4-9,11,16H,10,17H2,1-3H3. The zero-order chi connectivity index (χ0) is 13.8. The van der Waals surface area contributed by atoms with Gasteiger partial charge in [0.15, 0.2) is 0 Å². The molecule has 1 aromatic heterocycles. The second kappa shape index (κ2) is 6.33. The second-order valence-corrected chi connectivity index (χ2v) is 6.18. The topological polar surface area (TPSA) is 35.2 Å². The number of hydrogen-bond donors (Lipinski definition) is 1. The number of methoxy groups -OCH3 is 1. The van der Waals surface area contributed by atoms with Crippen LogP contribution in [0.15, 0.2) is 36.4 Å². The fourth-order valence-corrected chi connectivity index (χ4v) is 3.29. The van der Waals surface area contributed by atoms with Gasteiger partial charge in [0.1, 0.15) is 0 Å². The molecular weight excluding hydrogens is 254 g/mol. The number of hydrogen-bond acceptors (Lipinski definition) is 3. The van der Waals surface area contributed by atoms with Crippen LogP contribution < -0.4 is 5.73 Å². The first-order valence-electron chi connectivity index (χ1n) is 6.56. The van der Waals surface area contributed by atoms with Crippen LogP contribution in [0.5, 0.6) is 0 Å². The van der Waals surface area contributed by atoms with Gasteiger partial charge >= 0.3 is 0 Å². The summed E-state index contributed by atoms with van der Waals surface area (Å²) >= 11 is 1.78. The Morgan fingerprint density at radius 1 is 1.16 bits per heavy atom. The highest BCUT2D eigenvalue weighted by molar-refractivity contribution is 7.15. The van der Waals surface area contributed by atoms with E-state index in [-0.39, 0.29) is 6.04 Å². The minimum Gasteiger partial charge on any atom is -0.380 e. The van der Waals surface area contributed by atoms with Gasteiger partial charge in [0.05, 0.1) is 6.61 Å². The van der Waals surface area contributed by atoms with E-state index in [1.165, 1.54) is 20.9 Å². The quantitative estimate of drug-likeness (QED) is 0.886. The minimum atomic E-state index is 0.119. The summed E-state index contributed by atoms with van der Waals surface area (Å²) in [6.07, 6.45) is 0. The Labute approximate surface area is 119 Å². The van der Waals surface area contributed by atoms with Crippen molar-refractivity contribution >= 4 is 11.3 Å². The van der Waals surface area contributed by atoms with Gasteiger partial charge < -0.3 is 10.5 Å². The van der Waals surface area contributed by atoms with Gasteiger partial charge in [-0.1, -0.05) is 38.1 Å². The summed E-state index contributed by atoms with van der Waals surface area (Å²) in [6, 6.07) is 12.8. The van der Waals surface area contributed by atoms with E-state index in [1.807, 2.05) is 6.07 Å². The fourth-order valence-electron chi connectivity index (χ4n) is 2.05. The van der Waals surface area contributed by atoms with E-state index in [9.17, 15) is 0 Å². The van der Waals surface area contributed by atoms with Crippen LogP contribution in [0, 0.1) is 5.92 Å². The maximum Gasteiger partial charge on any atom is 0.0719 e. The van der Waals surface area contributed by atoms with Crippen molar-refractivity contribution in [2.24, 2.45) is 11.7 Å². The van der Waals surface area contributed by atoms with Gasteiger partial charge in [-0.25, -0.2) is 0 Å². The molecule has 3 heteroatoms. The van der Waals surface area contributed by atoms with Crippen molar-refractivity contribution in [3.8, 4) is 10.4 Å².